The first-order valence-electron chi connectivity index (χ1n) is 5.75. The van der Waals surface area contributed by atoms with E-state index < -0.39 is 11.9 Å². The predicted octanol–water partition coefficient (Wildman–Crippen LogP) is -0.0172. The molecule has 6 nitrogen and oxygen atoms in total. The summed E-state index contributed by atoms with van der Waals surface area (Å²) in [6, 6.07) is 3.73. The van der Waals surface area contributed by atoms with Crippen LogP contribution in [0.15, 0.2) is 18.2 Å². The number of amides is 2. The summed E-state index contributed by atoms with van der Waals surface area (Å²) in [7, 11) is 0. The minimum Gasteiger partial charge on any atom is -0.506 e. The summed E-state index contributed by atoms with van der Waals surface area (Å²) in [5, 5.41) is 14.7. The highest BCUT2D eigenvalue weighted by Crippen LogP contribution is 2.20. The molecule has 0 radical (unpaired) electrons. The number of nitrogens with two attached hydrogens (primary N) is 1. The number of piperidine rings is 1. The molecule has 1 atom stereocenters. The van der Waals surface area contributed by atoms with Crippen molar-refractivity contribution in [2.24, 2.45) is 0 Å². The van der Waals surface area contributed by atoms with Crippen molar-refractivity contribution in [1.29, 1.82) is 0 Å². The van der Waals surface area contributed by atoms with Crippen molar-refractivity contribution in [2.75, 3.05) is 12.3 Å². The second kappa shape index (κ2) is 4.95. The van der Waals surface area contributed by atoms with E-state index in [0.29, 0.717) is 13.0 Å². The lowest BCUT2D eigenvalue weighted by Gasteiger charge is -2.22. The molecule has 1 aromatic rings. The Hall–Kier alpha value is -2.24. The fourth-order valence-electron chi connectivity index (χ4n) is 1.84. The molecule has 0 spiro atoms. The van der Waals surface area contributed by atoms with E-state index in [0.717, 1.165) is 6.42 Å². The third kappa shape index (κ3) is 2.53. The van der Waals surface area contributed by atoms with Crippen LogP contribution >= 0.6 is 0 Å². The average molecular weight is 249 g/mol. The standard InChI is InChI=1S/C12H15N3O3/c13-8-4-3-7(6-10(8)16)11(17)15-9-2-1-5-14-12(9)18/h3-4,6,9,16H,1-2,5,13H2,(H,14,18)(H,15,17). The lowest BCUT2D eigenvalue weighted by Crippen LogP contribution is -2.50. The van der Waals surface area contributed by atoms with Gasteiger partial charge in [-0.1, -0.05) is 0 Å². The van der Waals surface area contributed by atoms with Gasteiger partial charge in [-0.05, 0) is 31.0 Å². The van der Waals surface area contributed by atoms with Crippen LogP contribution in [0.1, 0.15) is 23.2 Å². The van der Waals surface area contributed by atoms with Gasteiger partial charge in [0, 0.05) is 12.1 Å². The van der Waals surface area contributed by atoms with Crippen LogP contribution in [0, 0.1) is 0 Å². The molecule has 2 rings (SSSR count). The van der Waals surface area contributed by atoms with E-state index >= 15 is 0 Å². The summed E-state index contributed by atoms with van der Waals surface area (Å²) >= 11 is 0. The van der Waals surface area contributed by atoms with Crippen LogP contribution in [-0.2, 0) is 4.79 Å². The van der Waals surface area contributed by atoms with Gasteiger partial charge in [0.2, 0.25) is 5.91 Å². The Morgan fingerprint density at radius 3 is 2.94 bits per heavy atom. The molecule has 1 fully saturated rings. The van der Waals surface area contributed by atoms with Gasteiger partial charge in [0.25, 0.3) is 5.91 Å². The number of anilines is 1. The molecule has 1 heterocycles. The largest absolute Gasteiger partial charge is 0.506 e. The highest BCUT2D eigenvalue weighted by molar-refractivity contribution is 5.98. The lowest BCUT2D eigenvalue weighted by atomic mass is 10.1. The van der Waals surface area contributed by atoms with Gasteiger partial charge >= 0.3 is 0 Å². The van der Waals surface area contributed by atoms with E-state index in [4.69, 9.17) is 5.73 Å². The van der Waals surface area contributed by atoms with Crippen molar-refractivity contribution in [2.45, 2.75) is 18.9 Å². The molecule has 5 N–H and O–H groups in total. The quantitative estimate of drug-likeness (QED) is 0.437. The maximum Gasteiger partial charge on any atom is 0.252 e. The molecule has 0 aromatic heterocycles. The summed E-state index contributed by atoms with van der Waals surface area (Å²) in [5.41, 5.74) is 5.94. The second-order valence-electron chi connectivity index (χ2n) is 4.23. The zero-order valence-electron chi connectivity index (χ0n) is 9.77. The molecule has 1 aliphatic heterocycles. The number of aromatic hydroxyl groups is 1. The Kier molecular flexibility index (Phi) is 3.36. The molecule has 1 unspecified atom stereocenters. The monoisotopic (exact) mass is 249 g/mol. The lowest BCUT2D eigenvalue weighted by molar-refractivity contribution is -0.124. The van der Waals surface area contributed by atoms with Crippen molar-refractivity contribution < 1.29 is 14.7 Å². The Labute approximate surface area is 104 Å². The van der Waals surface area contributed by atoms with E-state index in [9.17, 15) is 14.7 Å². The number of nitrogens with one attached hydrogen (secondary N) is 2. The topological polar surface area (TPSA) is 104 Å². The van der Waals surface area contributed by atoms with Crippen LogP contribution in [0.2, 0.25) is 0 Å². The van der Waals surface area contributed by atoms with Gasteiger partial charge < -0.3 is 21.5 Å². The highest BCUT2D eigenvalue weighted by Gasteiger charge is 2.24. The number of hydrogen-bond donors (Lipinski definition) is 4. The third-order valence-corrected chi connectivity index (χ3v) is 2.88. The van der Waals surface area contributed by atoms with Crippen LogP contribution in [0.5, 0.6) is 5.75 Å². The van der Waals surface area contributed by atoms with Crippen molar-refractivity contribution in [1.82, 2.24) is 10.6 Å². The molecule has 18 heavy (non-hydrogen) atoms. The normalized spacial score (nSPS) is 19.1. The highest BCUT2D eigenvalue weighted by atomic mass is 16.3. The van der Waals surface area contributed by atoms with E-state index in [1.165, 1.54) is 18.2 Å². The molecule has 6 heteroatoms. The van der Waals surface area contributed by atoms with Crippen molar-refractivity contribution in [3.8, 4) is 5.75 Å². The molecule has 96 valence electrons. The summed E-state index contributed by atoms with van der Waals surface area (Å²) < 4.78 is 0. The molecule has 1 aromatic carbocycles. The Bertz CT molecular complexity index is 487. The number of carbonyl (C=O) groups is 2. The SMILES string of the molecule is Nc1ccc(C(=O)NC2CCCNC2=O)cc1O. The van der Waals surface area contributed by atoms with Crippen LogP contribution in [0.25, 0.3) is 0 Å². The fraction of sp³-hybridized carbons (Fsp3) is 0.333. The summed E-state index contributed by atoms with van der Waals surface area (Å²) in [5.74, 6) is -0.711. The van der Waals surface area contributed by atoms with Gasteiger partial charge in [-0.25, -0.2) is 0 Å². The van der Waals surface area contributed by atoms with E-state index in [2.05, 4.69) is 10.6 Å². The van der Waals surface area contributed by atoms with Gasteiger partial charge in [-0.2, -0.15) is 0 Å². The van der Waals surface area contributed by atoms with Gasteiger partial charge in [0.1, 0.15) is 11.8 Å². The molecule has 1 saturated heterocycles. The summed E-state index contributed by atoms with van der Waals surface area (Å²) in [4.78, 5) is 23.4. The van der Waals surface area contributed by atoms with Crippen molar-refractivity contribution in [3.05, 3.63) is 23.8 Å². The van der Waals surface area contributed by atoms with Crippen LogP contribution in [0.3, 0.4) is 0 Å². The zero-order valence-corrected chi connectivity index (χ0v) is 9.77. The van der Waals surface area contributed by atoms with E-state index in [1.807, 2.05) is 0 Å². The molecule has 0 aliphatic carbocycles. The number of nitrogen functional groups attached to an aromatic ring is 1. The first-order valence-corrected chi connectivity index (χ1v) is 5.75. The van der Waals surface area contributed by atoms with Crippen molar-refractivity contribution in [3.63, 3.8) is 0 Å². The number of hydrogen-bond acceptors (Lipinski definition) is 4. The molecule has 1 aliphatic rings. The Morgan fingerprint density at radius 1 is 1.50 bits per heavy atom. The number of phenolic OH excluding ortho intramolecular Hbond substituents is 1. The maximum atomic E-state index is 11.9. The van der Waals surface area contributed by atoms with Crippen LogP contribution in [-0.4, -0.2) is 29.5 Å². The zero-order chi connectivity index (χ0) is 13.1. The maximum absolute atomic E-state index is 11.9. The first-order chi connectivity index (χ1) is 8.58. The van der Waals surface area contributed by atoms with Gasteiger partial charge in [0.05, 0.1) is 5.69 Å². The number of benzene rings is 1. The minimum atomic E-state index is -0.508. The average Bonchev–Trinajstić information content (AvgIpc) is 2.35. The molecule has 0 bridgehead atoms. The minimum absolute atomic E-state index is 0.143. The summed E-state index contributed by atoms with van der Waals surface area (Å²) in [6.45, 7) is 0.647. The second-order valence-corrected chi connectivity index (χ2v) is 4.23. The van der Waals surface area contributed by atoms with Gasteiger partial charge in [-0.3, -0.25) is 9.59 Å². The third-order valence-electron chi connectivity index (χ3n) is 2.88. The molecule has 2 amide bonds. The van der Waals surface area contributed by atoms with Gasteiger partial charge in [-0.15, -0.1) is 0 Å². The van der Waals surface area contributed by atoms with Crippen LogP contribution < -0.4 is 16.4 Å². The van der Waals surface area contributed by atoms with E-state index in [-0.39, 0.29) is 22.9 Å². The van der Waals surface area contributed by atoms with Crippen molar-refractivity contribution >= 4 is 17.5 Å². The fourth-order valence-corrected chi connectivity index (χ4v) is 1.84. The summed E-state index contributed by atoms with van der Waals surface area (Å²) in [6.07, 6.45) is 1.46. The van der Waals surface area contributed by atoms with Gasteiger partial charge in [0.15, 0.2) is 0 Å². The predicted molar refractivity (Wildman–Crippen MR) is 66.0 cm³/mol. The van der Waals surface area contributed by atoms with E-state index in [1.54, 1.807) is 0 Å². The number of carbonyl (C=O) groups excluding carboxylic acids is 2. The Balaban J connectivity index is 2.07. The van der Waals surface area contributed by atoms with Crippen LogP contribution in [0.4, 0.5) is 5.69 Å². The smallest absolute Gasteiger partial charge is 0.252 e. The molecular weight excluding hydrogens is 234 g/mol. The first kappa shape index (κ1) is 12.2. The number of phenols is 1. The Morgan fingerprint density at radius 2 is 2.28 bits per heavy atom. The molecule has 0 saturated carbocycles. The number of rotatable bonds is 2. The molecular formula is C12H15N3O3.